The first-order valence-corrected chi connectivity index (χ1v) is 8.49. The van der Waals surface area contributed by atoms with Gasteiger partial charge in [-0.25, -0.2) is 4.79 Å². The van der Waals surface area contributed by atoms with Crippen LogP contribution in [0.5, 0.6) is 0 Å². The fourth-order valence-corrected chi connectivity index (χ4v) is 3.00. The van der Waals surface area contributed by atoms with Gasteiger partial charge in [-0.05, 0) is 35.9 Å². The third kappa shape index (κ3) is 3.13. The Kier molecular flexibility index (Phi) is 4.31. The molecule has 124 valence electrons. The summed E-state index contributed by atoms with van der Waals surface area (Å²) in [6, 6.07) is 24.6. The van der Waals surface area contributed by atoms with Gasteiger partial charge in [-0.2, -0.15) is 0 Å². The molecule has 4 rings (SSSR count). The molecule has 0 radical (unpaired) electrons. The minimum absolute atomic E-state index is 0.389. The summed E-state index contributed by atoms with van der Waals surface area (Å²) in [6.45, 7) is 0. The number of carbonyl (C=O) groups is 1. The first-order chi connectivity index (χ1) is 12.7. The molecule has 1 heterocycles. The number of carbonyl (C=O) groups excluding carboxylic acids is 1. The van der Waals surface area contributed by atoms with Crippen molar-refractivity contribution in [3.8, 4) is 11.8 Å². The fourth-order valence-electron chi connectivity index (χ4n) is 2.74. The highest BCUT2D eigenvalue weighted by Gasteiger charge is 2.29. The Labute approximate surface area is 156 Å². The molecule has 3 heteroatoms. The Balaban J connectivity index is 1.72. The van der Waals surface area contributed by atoms with E-state index in [4.69, 9.17) is 16.3 Å². The summed E-state index contributed by atoms with van der Waals surface area (Å²) < 4.78 is 5.43. The Morgan fingerprint density at radius 2 is 1.42 bits per heavy atom. The number of rotatable bonds is 1. The van der Waals surface area contributed by atoms with Crippen LogP contribution in [0, 0.1) is 11.8 Å². The first kappa shape index (κ1) is 16.2. The maximum absolute atomic E-state index is 12.3. The van der Waals surface area contributed by atoms with Crippen molar-refractivity contribution < 1.29 is 9.53 Å². The molecule has 0 unspecified atom stereocenters. The highest BCUT2D eigenvalue weighted by molar-refractivity contribution is 6.52. The van der Waals surface area contributed by atoms with Gasteiger partial charge in [0.1, 0.15) is 0 Å². The van der Waals surface area contributed by atoms with E-state index >= 15 is 0 Å². The SMILES string of the molecule is O=C1O/C(=C(/Cl)c2ccccc2)c2ccc(C#Cc3ccccc3)cc21. The van der Waals surface area contributed by atoms with Crippen LogP contribution in [0.25, 0.3) is 10.8 Å². The van der Waals surface area contributed by atoms with Gasteiger partial charge in [-0.3, -0.25) is 0 Å². The summed E-state index contributed by atoms with van der Waals surface area (Å²) in [6.07, 6.45) is 0. The quantitative estimate of drug-likeness (QED) is 0.435. The van der Waals surface area contributed by atoms with Crippen molar-refractivity contribution in [3.63, 3.8) is 0 Å². The van der Waals surface area contributed by atoms with Crippen LogP contribution in [0.2, 0.25) is 0 Å². The van der Waals surface area contributed by atoms with Crippen molar-refractivity contribution in [3.05, 3.63) is 107 Å². The van der Waals surface area contributed by atoms with Crippen LogP contribution in [0.3, 0.4) is 0 Å². The summed E-state index contributed by atoms with van der Waals surface area (Å²) in [7, 11) is 0. The van der Waals surface area contributed by atoms with E-state index in [1.165, 1.54) is 0 Å². The number of cyclic esters (lactones) is 1. The van der Waals surface area contributed by atoms with Crippen LogP contribution >= 0.6 is 11.6 Å². The second kappa shape index (κ2) is 6.92. The lowest BCUT2D eigenvalue weighted by Crippen LogP contribution is -1.94. The molecule has 3 aromatic carbocycles. The monoisotopic (exact) mass is 356 g/mol. The molecule has 0 saturated carbocycles. The summed E-state index contributed by atoms with van der Waals surface area (Å²) in [5.41, 5.74) is 3.64. The van der Waals surface area contributed by atoms with E-state index in [9.17, 15) is 4.79 Å². The first-order valence-electron chi connectivity index (χ1n) is 8.11. The number of fused-ring (bicyclic) bond motifs is 1. The lowest BCUT2D eigenvalue weighted by molar-refractivity contribution is 0.0717. The van der Waals surface area contributed by atoms with Crippen LogP contribution in [0.1, 0.15) is 32.6 Å². The average molecular weight is 357 g/mol. The standard InChI is InChI=1S/C23H13ClO2/c24-21(18-9-5-2-6-10-18)22-19-14-13-17(15-20(19)23(25)26-22)12-11-16-7-3-1-4-8-16/h1-10,13-15H/b22-21+. The van der Waals surface area contributed by atoms with Gasteiger partial charge in [0, 0.05) is 16.7 Å². The zero-order valence-electron chi connectivity index (χ0n) is 13.7. The Morgan fingerprint density at radius 1 is 0.769 bits per heavy atom. The zero-order valence-corrected chi connectivity index (χ0v) is 14.5. The summed E-state index contributed by atoms with van der Waals surface area (Å²) in [4.78, 5) is 12.3. The highest BCUT2D eigenvalue weighted by Crippen LogP contribution is 2.37. The fraction of sp³-hybridized carbons (Fsp3) is 0. The van der Waals surface area contributed by atoms with Crippen molar-refractivity contribution in [2.45, 2.75) is 0 Å². The molecule has 0 amide bonds. The smallest absolute Gasteiger partial charge is 0.344 e. The Bertz CT molecular complexity index is 1070. The summed E-state index contributed by atoms with van der Waals surface area (Å²) in [5.74, 6) is 6.15. The minimum Gasteiger partial charge on any atom is -0.421 e. The van der Waals surface area contributed by atoms with Crippen LogP contribution < -0.4 is 0 Å². The van der Waals surface area contributed by atoms with Gasteiger partial charge in [0.15, 0.2) is 5.76 Å². The maximum atomic E-state index is 12.3. The molecule has 0 N–H and O–H groups in total. The van der Waals surface area contributed by atoms with Gasteiger partial charge in [-0.15, -0.1) is 0 Å². The molecule has 0 aromatic heterocycles. The zero-order chi connectivity index (χ0) is 17.9. The predicted molar refractivity (Wildman–Crippen MR) is 103 cm³/mol. The second-order valence-electron chi connectivity index (χ2n) is 5.78. The molecule has 0 fully saturated rings. The minimum atomic E-state index is -0.410. The molecule has 0 atom stereocenters. The lowest BCUT2D eigenvalue weighted by atomic mass is 10.0. The lowest BCUT2D eigenvalue weighted by Gasteiger charge is -2.04. The largest absolute Gasteiger partial charge is 0.421 e. The molecular formula is C23H13ClO2. The average Bonchev–Trinajstić information content (AvgIpc) is 3.03. The van der Waals surface area contributed by atoms with E-state index in [2.05, 4.69) is 11.8 Å². The van der Waals surface area contributed by atoms with Crippen LogP contribution in [0.4, 0.5) is 0 Å². The molecule has 1 aliphatic rings. The van der Waals surface area contributed by atoms with E-state index < -0.39 is 5.97 Å². The number of halogens is 1. The summed E-state index contributed by atoms with van der Waals surface area (Å²) in [5, 5.41) is 0.417. The van der Waals surface area contributed by atoms with Gasteiger partial charge in [0.2, 0.25) is 0 Å². The highest BCUT2D eigenvalue weighted by atomic mass is 35.5. The number of benzene rings is 3. The van der Waals surface area contributed by atoms with E-state index in [1.807, 2.05) is 72.8 Å². The number of esters is 1. The Morgan fingerprint density at radius 3 is 2.15 bits per heavy atom. The normalized spacial score (nSPS) is 14.1. The van der Waals surface area contributed by atoms with Crippen LogP contribution in [0.15, 0.2) is 78.9 Å². The molecule has 3 aromatic rings. The van der Waals surface area contributed by atoms with E-state index in [0.29, 0.717) is 21.9 Å². The third-order valence-electron chi connectivity index (χ3n) is 4.03. The van der Waals surface area contributed by atoms with Crippen LogP contribution in [-0.4, -0.2) is 5.97 Å². The van der Waals surface area contributed by atoms with Crippen molar-refractivity contribution >= 4 is 28.4 Å². The molecule has 26 heavy (non-hydrogen) atoms. The maximum Gasteiger partial charge on any atom is 0.344 e. The molecule has 0 bridgehead atoms. The van der Waals surface area contributed by atoms with Gasteiger partial charge >= 0.3 is 5.97 Å². The van der Waals surface area contributed by atoms with E-state index in [0.717, 1.165) is 16.7 Å². The van der Waals surface area contributed by atoms with E-state index in [-0.39, 0.29) is 0 Å². The van der Waals surface area contributed by atoms with Crippen molar-refractivity contribution in [2.24, 2.45) is 0 Å². The topological polar surface area (TPSA) is 26.3 Å². The van der Waals surface area contributed by atoms with Crippen molar-refractivity contribution in [1.29, 1.82) is 0 Å². The van der Waals surface area contributed by atoms with Gasteiger partial charge in [-0.1, -0.05) is 72.0 Å². The molecule has 2 nitrogen and oxygen atoms in total. The van der Waals surface area contributed by atoms with Gasteiger partial charge in [0.05, 0.1) is 10.6 Å². The molecule has 1 aliphatic heterocycles. The molecule has 0 saturated heterocycles. The number of hydrogen-bond donors (Lipinski definition) is 0. The number of ether oxygens (including phenoxy) is 1. The van der Waals surface area contributed by atoms with Crippen molar-refractivity contribution in [2.75, 3.05) is 0 Å². The van der Waals surface area contributed by atoms with E-state index in [1.54, 1.807) is 6.07 Å². The summed E-state index contributed by atoms with van der Waals surface area (Å²) >= 11 is 6.46. The van der Waals surface area contributed by atoms with Crippen LogP contribution in [-0.2, 0) is 4.74 Å². The number of hydrogen-bond acceptors (Lipinski definition) is 2. The Hall–Kier alpha value is -3.28. The van der Waals surface area contributed by atoms with Gasteiger partial charge in [0.25, 0.3) is 0 Å². The third-order valence-corrected chi connectivity index (χ3v) is 4.42. The predicted octanol–water partition coefficient (Wildman–Crippen LogP) is 5.32. The molecule has 0 aliphatic carbocycles. The molecule has 0 spiro atoms. The molecular weight excluding hydrogens is 344 g/mol. The second-order valence-corrected chi connectivity index (χ2v) is 6.15. The van der Waals surface area contributed by atoms with Gasteiger partial charge < -0.3 is 4.74 Å². The van der Waals surface area contributed by atoms with Crippen molar-refractivity contribution in [1.82, 2.24) is 0 Å².